The summed E-state index contributed by atoms with van der Waals surface area (Å²) in [5, 5.41) is 12.4. The summed E-state index contributed by atoms with van der Waals surface area (Å²) in [4.78, 5) is 34.8. The monoisotopic (exact) mass is 416 g/mol. The molecule has 1 aromatic heterocycles. The lowest BCUT2D eigenvalue weighted by Crippen LogP contribution is -2.56. The minimum absolute atomic E-state index is 0.162. The number of allylic oxidation sites excluding steroid dienone is 2. The summed E-state index contributed by atoms with van der Waals surface area (Å²) in [6, 6.07) is 1.43. The molecule has 8 heteroatoms. The van der Waals surface area contributed by atoms with Crippen LogP contribution in [0.15, 0.2) is 28.5 Å². The van der Waals surface area contributed by atoms with Crippen LogP contribution in [0, 0.1) is 6.92 Å². The fourth-order valence-corrected chi connectivity index (χ4v) is 3.37. The number of piperidine rings is 1. The van der Waals surface area contributed by atoms with Crippen molar-refractivity contribution in [3.63, 3.8) is 0 Å². The maximum absolute atomic E-state index is 12.6. The molecular weight excluding hydrogens is 384 g/mol. The number of nitrogens with one attached hydrogen (secondary N) is 1. The number of pyridine rings is 1. The Morgan fingerprint density at radius 1 is 1.37 bits per heavy atom. The van der Waals surface area contributed by atoms with E-state index in [1.165, 1.54) is 0 Å². The first-order chi connectivity index (χ1) is 14.2. The van der Waals surface area contributed by atoms with E-state index in [1.807, 2.05) is 18.7 Å². The highest BCUT2D eigenvalue weighted by Gasteiger charge is 2.31. The Hall–Kier alpha value is -2.74. The number of carboxylic acids is 1. The molecule has 0 radical (unpaired) electrons. The van der Waals surface area contributed by atoms with Crippen molar-refractivity contribution >= 4 is 23.4 Å². The molecule has 1 saturated heterocycles. The van der Waals surface area contributed by atoms with Gasteiger partial charge in [0.15, 0.2) is 0 Å². The fourth-order valence-electron chi connectivity index (χ4n) is 3.37. The molecule has 0 aliphatic carbocycles. The highest BCUT2D eigenvalue weighted by Crippen LogP contribution is 2.22. The second-order valence-electron chi connectivity index (χ2n) is 7.67. The molecule has 0 spiro atoms. The molecule has 0 aromatic carbocycles. The summed E-state index contributed by atoms with van der Waals surface area (Å²) in [6.45, 7) is 10.5. The topological polar surface area (TPSA) is 104 Å². The number of rotatable bonds is 7. The van der Waals surface area contributed by atoms with E-state index in [2.05, 4.69) is 22.2 Å². The highest BCUT2D eigenvalue weighted by molar-refractivity contribution is 6.38. The zero-order chi connectivity index (χ0) is 22.4. The van der Waals surface area contributed by atoms with Crippen molar-refractivity contribution in [2.45, 2.75) is 59.6 Å². The molecule has 164 valence electrons. The molecule has 1 amide bonds. The Bertz CT molecular complexity index is 863. The molecule has 2 N–H and O–H groups in total. The molecule has 1 unspecified atom stereocenters. The van der Waals surface area contributed by atoms with E-state index >= 15 is 0 Å². The van der Waals surface area contributed by atoms with Crippen molar-refractivity contribution in [3.05, 3.63) is 34.7 Å². The number of hydrogen-bond acceptors (Lipinski definition) is 6. The van der Waals surface area contributed by atoms with E-state index in [0.29, 0.717) is 36.6 Å². The van der Waals surface area contributed by atoms with Gasteiger partial charge >= 0.3 is 5.97 Å². The molecule has 1 aromatic rings. The summed E-state index contributed by atoms with van der Waals surface area (Å²) in [5.74, 6) is -0.585. The Labute approximate surface area is 178 Å². The number of aromatic nitrogens is 1. The van der Waals surface area contributed by atoms with E-state index in [0.717, 1.165) is 17.7 Å². The summed E-state index contributed by atoms with van der Waals surface area (Å²) in [7, 11) is 1.61. The van der Waals surface area contributed by atoms with Crippen molar-refractivity contribution in [2.24, 2.45) is 4.99 Å². The second kappa shape index (κ2) is 10.3. The Morgan fingerprint density at radius 2 is 2.07 bits per heavy atom. The number of nitrogens with zero attached hydrogens (tertiary/aromatic N) is 3. The molecule has 1 fully saturated rings. The van der Waals surface area contributed by atoms with Gasteiger partial charge in [0.2, 0.25) is 0 Å². The minimum atomic E-state index is -0.973. The summed E-state index contributed by atoms with van der Waals surface area (Å²) in [5.41, 5.74) is 3.29. The summed E-state index contributed by atoms with van der Waals surface area (Å²) in [6.07, 6.45) is 2.87. The second-order valence-corrected chi connectivity index (χ2v) is 7.67. The number of anilines is 1. The number of hydrogen-bond donors (Lipinski definition) is 2. The van der Waals surface area contributed by atoms with Crippen LogP contribution in [0.2, 0.25) is 0 Å². The van der Waals surface area contributed by atoms with Gasteiger partial charge in [-0.1, -0.05) is 12.5 Å². The van der Waals surface area contributed by atoms with Crippen molar-refractivity contribution in [3.8, 4) is 0 Å². The van der Waals surface area contributed by atoms with E-state index < -0.39 is 5.97 Å². The quantitative estimate of drug-likeness (QED) is 0.662. The van der Waals surface area contributed by atoms with Crippen molar-refractivity contribution in [1.29, 1.82) is 0 Å². The predicted molar refractivity (Wildman–Crippen MR) is 117 cm³/mol. The van der Waals surface area contributed by atoms with Crippen molar-refractivity contribution in [2.75, 3.05) is 25.1 Å². The van der Waals surface area contributed by atoms with Crippen LogP contribution in [0.1, 0.15) is 56.5 Å². The Morgan fingerprint density at radius 3 is 2.67 bits per heavy atom. The molecule has 2 atom stereocenters. The fraction of sp³-hybridized carbons (Fsp3) is 0.545. The molecule has 2 rings (SSSR count). The third-order valence-corrected chi connectivity index (χ3v) is 5.63. The van der Waals surface area contributed by atoms with Crippen LogP contribution < -0.4 is 10.2 Å². The van der Waals surface area contributed by atoms with E-state index in [4.69, 9.17) is 4.74 Å². The number of carbonyl (C=O) groups excluding carboxylic acids is 1. The van der Waals surface area contributed by atoms with Crippen LogP contribution in [0.5, 0.6) is 0 Å². The van der Waals surface area contributed by atoms with Gasteiger partial charge in [0.25, 0.3) is 5.91 Å². The molecule has 0 saturated carbocycles. The number of aliphatic imine (C=N–C) groups is 1. The molecule has 1 aliphatic heterocycles. The normalized spacial score (nSPS) is 20.6. The van der Waals surface area contributed by atoms with Crippen LogP contribution in [-0.2, 0) is 9.53 Å². The lowest BCUT2D eigenvalue weighted by molar-refractivity contribution is -0.116. The minimum Gasteiger partial charge on any atom is -0.478 e. The highest BCUT2D eigenvalue weighted by atomic mass is 16.5. The standard InChI is InChI=1S/C22H32N4O4/c1-7-13(2)15(4)24-16(5)21(27)25-18-8-9-26(12-19(18)30-6)20-10-17(22(28)29)14(3)11-23-20/h10-11,18-19H,7-9,12H2,1-6H3,(H,25,27)(H,28,29)/b15-13+,24-16?/t18?,19-/m0/s1. The Kier molecular flexibility index (Phi) is 8.11. The smallest absolute Gasteiger partial charge is 0.336 e. The number of aryl methyl sites for hydroxylation is 1. The number of carbonyl (C=O) groups is 2. The van der Waals surface area contributed by atoms with Crippen LogP contribution >= 0.6 is 0 Å². The van der Waals surface area contributed by atoms with Gasteiger partial charge in [0, 0.05) is 32.1 Å². The van der Waals surface area contributed by atoms with E-state index in [1.54, 1.807) is 33.2 Å². The molecule has 1 aliphatic rings. The zero-order valence-electron chi connectivity index (χ0n) is 18.7. The summed E-state index contributed by atoms with van der Waals surface area (Å²) < 4.78 is 5.62. The molecule has 2 heterocycles. The number of carboxylic acid groups (broad SMARTS) is 1. The maximum Gasteiger partial charge on any atom is 0.336 e. The van der Waals surface area contributed by atoms with Gasteiger partial charge in [-0.25, -0.2) is 9.78 Å². The largest absolute Gasteiger partial charge is 0.478 e. The van der Waals surface area contributed by atoms with Gasteiger partial charge in [-0.05, 0) is 52.2 Å². The van der Waals surface area contributed by atoms with Gasteiger partial charge in [0.1, 0.15) is 11.5 Å². The van der Waals surface area contributed by atoms with Crippen LogP contribution in [0.25, 0.3) is 0 Å². The lowest BCUT2D eigenvalue weighted by atomic mass is 10.0. The van der Waals surface area contributed by atoms with Crippen LogP contribution in [-0.4, -0.2) is 60.0 Å². The SMILES string of the molecule is CC/C(C)=C(\C)N=C(C)C(=O)NC1CCN(c2cc(C(=O)O)c(C)cn2)C[C@@H]1OC. The summed E-state index contributed by atoms with van der Waals surface area (Å²) >= 11 is 0. The van der Waals surface area contributed by atoms with Gasteiger partial charge in [0.05, 0.1) is 17.7 Å². The number of ether oxygens (including phenoxy) is 1. The van der Waals surface area contributed by atoms with Gasteiger partial charge in [-0.15, -0.1) is 0 Å². The molecule has 0 bridgehead atoms. The van der Waals surface area contributed by atoms with E-state index in [-0.39, 0.29) is 23.6 Å². The number of aromatic carboxylic acids is 1. The average Bonchev–Trinajstić information content (AvgIpc) is 2.73. The van der Waals surface area contributed by atoms with Crippen molar-refractivity contribution in [1.82, 2.24) is 10.3 Å². The zero-order valence-corrected chi connectivity index (χ0v) is 18.7. The van der Waals surface area contributed by atoms with E-state index in [9.17, 15) is 14.7 Å². The number of amides is 1. The molecular formula is C22H32N4O4. The average molecular weight is 417 g/mol. The third-order valence-electron chi connectivity index (χ3n) is 5.63. The number of methoxy groups -OCH3 is 1. The van der Waals surface area contributed by atoms with Gasteiger partial charge in [-0.3, -0.25) is 9.79 Å². The molecule has 8 nitrogen and oxygen atoms in total. The molecule has 30 heavy (non-hydrogen) atoms. The van der Waals surface area contributed by atoms with Crippen LogP contribution in [0.4, 0.5) is 5.82 Å². The lowest BCUT2D eigenvalue weighted by Gasteiger charge is -2.38. The third kappa shape index (κ3) is 5.66. The first kappa shape index (κ1) is 23.5. The Balaban J connectivity index is 2.10. The predicted octanol–water partition coefficient (Wildman–Crippen LogP) is 2.96. The van der Waals surface area contributed by atoms with Gasteiger partial charge in [-0.2, -0.15) is 0 Å². The van der Waals surface area contributed by atoms with Crippen molar-refractivity contribution < 1.29 is 19.4 Å². The first-order valence-electron chi connectivity index (χ1n) is 10.2. The first-order valence-corrected chi connectivity index (χ1v) is 10.2. The van der Waals surface area contributed by atoms with Gasteiger partial charge < -0.3 is 20.1 Å². The van der Waals surface area contributed by atoms with Crippen LogP contribution in [0.3, 0.4) is 0 Å². The maximum atomic E-state index is 12.6.